The molecule has 0 unspecified atom stereocenters. The number of rotatable bonds is 3. The molecule has 26 heavy (non-hydrogen) atoms. The van der Waals surface area contributed by atoms with E-state index in [2.05, 4.69) is 21.7 Å². The third-order valence-electron chi connectivity index (χ3n) is 6.07. The molecule has 2 saturated heterocycles. The summed E-state index contributed by atoms with van der Waals surface area (Å²) in [4.78, 5) is 20.5. The van der Waals surface area contributed by atoms with Crippen molar-refractivity contribution in [2.45, 2.75) is 44.8 Å². The third kappa shape index (κ3) is 2.77. The average molecular weight is 355 g/mol. The summed E-state index contributed by atoms with van der Waals surface area (Å²) in [5.41, 5.74) is 1.61. The van der Waals surface area contributed by atoms with Crippen LogP contribution in [0.25, 0.3) is 10.9 Å². The van der Waals surface area contributed by atoms with Crippen molar-refractivity contribution < 1.29 is 9.47 Å². The zero-order chi connectivity index (χ0) is 17.7. The van der Waals surface area contributed by atoms with Crippen molar-refractivity contribution in [2.24, 2.45) is 0 Å². The third-order valence-corrected chi connectivity index (χ3v) is 6.07. The second-order valence-electron chi connectivity index (χ2n) is 7.85. The monoisotopic (exact) mass is 355 g/mol. The van der Waals surface area contributed by atoms with Crippen molar-refractivity contribution in [3.05, 3.63) is 34.1 Å². The first kappa shape index (κ1) is 16.1. The highest BCUT2D eigenvalue weighted by Gasteiger charge is 2.35. The number of pyridine rings is 1. The van der Waals surface area contributed by atoms with E-state index in [1.165, 1.54) is 25.8 Å². The van der Waals surface area contributed by atoms with Gasteiger partial charge >= 0.3 is 0 Å². The van der Waals surface area contributed by atoms with E-state index < -0.39 is 0 Å². The number of nitrogens with one attached hydrogen (secondary N) is 1. The molecule has 0 amide bonds. The number of benzene rings is 1. The average Bonchev–Trinajstić information content (AvgIpc) is 3.04. The SMILES string of the molecule is C[C@@H]1CCCCN1C1CN(Cc2cc3cc4c(cc3[nH]c2=O)OCO4)C1. The van der Waals surface area contributed by atoms with Crippen LogP contribution in [0.15, 0.2) is 23.0 Å². The predicted molar refractivity (Wildman–Crippen MR) is 99.8 cm³/mol. The van der Waals surface area contributed by atoms with E-state index in [0.717, 1.165) is 35.3 Å². The van der Waals surface area contributed by atoms with Gasteiger partial charge in [0.05, 0.1) is 5.52 Å². The van der Waals surface area contributed by atoms with Crippen LogP contribution in [0.1, 0.15) is 31.7 Å². The number of aromatic nitrogens is 1. The van der Waals surface area contributed by atoms with Gasteiger partial charge in [-0.2, -0.15) is 0 Å². The molecule has 1 atom stereocenters. The summed E-state index contributed by atoms with van der Waals surface area (Å²) in [6, 6.07) is 7.14. The number of aromatic amines is 1. The van der Waals surface area contributed by atoms with E-state index in [4.69, 9.17) is 9.47 Å². The highest BCUT2D eigenvalue weighted by molar-refractivity contribution is 5.83. The summed E-state index contributed by atoms with van der Waals surface area (Å²) in [6.07, 6.45) is 4.00. The summed E-state index contributed by atoms with van der Waals surface area (Å²) in [5, 5.41) is 0.991. The smallest absolute Gasteiger partial charge is 0.252 e. The molecule has 0 radical (unpaired) electrons. The highest BCUT2D eigenvalue weighted by Crippen LogP contribution is 2.35. The Hall–Kier alpha value is -2.05. The molecular weight excluding hydrogens is 330 g/mol. The largest absolute Gasteiger partial charge is 0.454 e. The minimum atomic E-state index is -0.00819. The fraction of sp³-hybridized carbons (Fsp3) is 0.550. The molecule has 0 spiro atoms. The van der Waals surface area contributed by atoms with E-state index in [-0.39, 0.29) is 12.4 Å². The minimum Gasteiger partial charge on any atom is -0.454 e. The molecule has 0 aliphatic carbocycles. The minimum absolute atomic E-state index is 0.00819. The van der Waals surface area contributed by atoms with Crippen molar-refractivity contribution in [3.8, 4) is 11.5 Å². The Labute approximate surface area is 152 Å². The summed E-state index contributed by atoms with van der Waals surface area (Å²) in [5.74, 6) is 1.45. The molecule has 4 heterocycles. The molecule has 0 bridgehead atoms. The topological polar surface area (TPSA) is 57.8 Å². The van der Waals surface area contributed by atoms with Crippen molar-refractivity contribution in [1.82, 2.24) is 14.8 Å². The number of H-pyrrole nitrogens is 1. The van der Waals surface area contributed by atoms with Gasteiger partial charge < -0.3 is 14.5 Å². The van der Waals surface area contributed by atoms with Crippen LogP contribution >= 0.6 is 0 Å². The van der Waals surface area contributed by atoms with Gasteiger partial charge in [-0.05, 0) is 38.4 Å². The Bertz CT molecular complexity index is 888. The van der Waals surface area contributed by atoms with Gasteiger partial charge in [0.25, 0.3) is 5.56 Å². The van der Waals surface area contributed by atoms with Crippen LogP contribution in [-0.2, 0) is 6.54 Å². The van der Waals surface area contributed by atoms with Gasteiger partial charge in [0.2, 0.25) is 6.79 Å². The van der Waals surface area contributed by atoms with Crippen LogP contribution in [0.3, 0.4) is 0 Å². The second kappa shape index (κ2) is 6.28. The maximum absolute atomic E-state index is 12.5. The van der Waals surface area contributed by atoms with Crippen LogP contribution in [-0.4, -0.2) is 53.3 Å². The molecule has 1 aromatic carbocycles. The number of nitrogens with zero attached hydrogens (tertiary/aromatic N) is 2. The molecule has 6 heteroatoms. The van der Waals surface area contributed by atoms with Crippen molar-refractivity contribution in [1.29, 1.82) is 0 Å². The fourth-order valence-corrected chi connectivity index (χ4v) is 4.54. The normalized spacial score (nSPS) is 24.1. The first-order chi connectivity index (χ1) is 12.7. The van der Waals surface area contributed by atoms with Gasteiger partial charge in [-0.15, -0.1) is 0 Å². The van der Waals surface area contributed by atoms with E-state index >= 15 is 0 Å². The Morgan fingerprint density at radius 3 is 2.77 bits per heavy atom. The van der Waals surface area contributed by atoms with E-state index in [1.807, 2.05) is 18.2 Å². The van der Waals surface area contributed by atoms with Crippen molar-refractivity contribution in [3.63, 3.8) is 0 Å². The van der Waals surface area contributed by atoms with Gasteiger partial charge in [-0.3, -0.25) is 14.6 Å². The maximum Gasteiger partial charge on any atom is 0.252 e. The molecule has 138 valence electrons. The number of hydrogen-bond acceptors (Lipinski definition) is 5. The fourth-order valence-electron chi connectivity index (χ4n) is 4.54. The van der Waals surface area contributed by atoms with Crippen LogP contribution in [0.4, 0.5) is 0 Å². The summed E-state index contributed by atoms with van der Waals surface area (Å²) < 4.78 is 10.8. The second-order valence-corrected chi connectivity index (χ2v) is 7.85. The number of ether oxygens (including phenoxy) is 2. The highest BCUT2D eigenvalue weighted by atomic mass is 16.7. The molecule has 1 aromatic heterocycles. The van der Waals surface area contributed by atoms with Crippen molar-refractivity contribution >= 4 is 10.9 Å². The zero-order valence-electron chi connectivity index (χ0n) is 15.2. The quantitative estimate of drug-likeness (QED) is 0.916. The maximum atomic E-state index is 12.5. The van der Waals surface area contributed by atoms with Crippen molar-refractivity contribution in [2.75, 3.05) is 26.4 Å². The zero-order valence-corrected chi connectivity index (χ0v) is 15.2. The molecule has 2 aromatic rings. The lowest BCUT2D eigenvalue weighted by Gasteiger charge is -2.49. The number of hydrogen-bond donors (Lipinski definition) is 1. The number of likely N-dealkylation sites (tertiary alicyclic amines) is 2. The van der Waals surface area contributed by atoms with Crippen LogP contribution in [0.5, 0.6) is 11.5 Å². The first-order valence-electron chi connectivity index (χ1n) is 9.61. The van der Waals surface area contributed by atoms with Crippen LogP contribution in [0.2, 0.25) is 0 Å². The van der Waals surface area contributed by atoms with Crippen LogP contribution < -0.4 is 15.0 Å². The summed E-state index contributed by atoms with van der Waals surface area (Å²) >= 11 is 0. The van der Waals surface area contributed by atoms with Gasteiger partial charge in [0, 0.05) is 48.7 Å². The standard InChI is InChI=1S/C20H25N3O3/c1-13-4-2-3-5-23(13)16-10-22(11-16)9-15-6-14-7-18-19(26-12-25-18)8-17(14)21-20(15)24/h6-8,13,16H,2-5,9-12H2,1H3,(H,21,24)/t13-/m1/s1. The lowest BCUT2D eigenvalue weighted by Crippen LogP contribution is -2.61. The lowest BCUT2D eigenvalue weighted by molar-refractivity contribution is -0.00635. The molecule has 3 aliphatic heterocycles. The lowest BCUT2D eigenvalue weighted by atomic mass is 9.97. The molecule has 6 nitrogen and oxygen atoms in total. The molecular formula is C20H25N3O3. The first-order valence-corrected chi connectivity index (χ1v) is 9.61. The molecule has 2 fully saturated rings. The Morgan fingerprint density at radius 1 is 1.15 bits per heavy atom. The van der Waals surface area contributed by atoms with E-state index in [9.17, 15) is 4.79 Å². The Morgan fingerprint density at radius 2 is 1.96 bits per heavy atom. The van der Waals surface area contributed by atoms with Gasteiger partial charge in [0.1, 0.15) is 0 Å². The number of fused-ring (bicyclic) bond motifs is 2. The van der Waals surface area contributed by atoms with E-state index in [0.29, 0.717) is 24.4 Å². The molecule has 0 saturated carbocycles. The summed E-state index contributed by atoms with van der Waals surface area (Å²) in [6.45, 7) is 6.64. The van der Waals surface area contributed by atoms with Gasteiger partial charge in [0.15, 0.2) is 11.5 Å². The molecule has 1 N–H and O–H groups in total. The van der Waals surface area contributed by atoms with E-state index in [1.54, 1.807) is 0 Å². The Balaban J connectivity index is 1.30. The molecule has 3 aliphatic rings. The van der Waals surface area contributed by atoms with Crippen LogP contribution in [0, 0.1) is 0 Å². The van der Waals surface area contributed by atoms with Gasteiger partial charge in [-0.1, -0.05) is 6.42 Å². The number of piperidine rings is 1. The predicted octanol–water partition coefficient (Wildman–Crippen LogP) is 2.32. The van der Waals surface area contributed by atoms with Gasteiger partial charge in [-0.25, -0.2) is 0 Å². The molecule has 5 rings (SSSR count). The summed E-state index contributed by atoms with van der Waals surface area (Å²) in [7, 11) is 0. The Kier molecular flexibility index (Phi) is 3.90.